The van der Waals surface area contributed by atoms with Gasteiger partial charge in [0.15, 0.2) is 0 Å². The van der Waals surface area contributed by atoms with E-state index in [-0.39, 0.29) is 29.3 Å². The monoisotopic (exact) mass is 380 g/mol. The van der Waals surface area contributed by atoms with Crippen molar-refractivity contribution in [2.24, 2.45) is 0 Å². The number of likely N-dealkylation sites (N-methyl/N-ethyl adjacent to an activating group) is 1. The Labute approximate surface area is 136 Å². The Morgan fingerprint density at radius 1 is 1.52 bits per heavy atom. The topological polar surface area (TPSA) is 87.2 Å². The first-order chi connectivity index (χ1) is 9.51. The van der Waals surface area contributed by atoms with E-state index in [4.69, 9.17) is 0 Å². The van der Waals surface area contributed by atoms with Crippen molar-refractivity contribution in [2.75, 3.05) is 20.1 Å². The average Bonchev–Trinajstić information content (AvgIpc) is 2.44. The van der Waals surface area contributed by atoms with Crippen LogP contribution in [0.4, 0.5) is 0 Å². The minimum atomic E-state index is -0.575. The van der Waals surface area contributed by atoms with Crippen LogP contribution in [0.5, 0.6) is 0 Å². The van der Waals surface area contributed by atoms with Gasteiger partial charge in [0.2, 0.25) is 5.91 Å². The number of carbonyl (C=O) groups is 1. The highest BCUT2D eigenvalue weighted by Gasteiger charge is 2.22. The van der Waals surface area contributed by atoms with Crippen LogP contribution >= 0.6 is 28.3 Å². The van der Waals surface area contributed by atoms with E-state index >= 15 is 0 Å². The summed E-state index contributed by atoms with van der Waals surface area (Å²) in [4.78, 5) is 39.0. The number of nitrogens with one attached hydrogen (secondary N) is 2. The van der Waals surface area contributed by atoms with Gasteiger partial charge in [-0.15, -0.1) is 12.4 Å². The molecule has 1 amide bonds. The number of aromatic nitrogens is 2. The van der Waals surface area contributed by atoms with Crippen LogP contribution in [0.3, 0.4) is 0 Å². The Morgan fingerprint density at radius 2 is 2.24 bits per heavy atom. The second-order valence-corrected chi connectivity index (χ2v) is 5.69. The van der Waals surface area contributed by atoms with Gasteiger partial charge in [-0.3, -0.25) is 19.1 Å². The summed E-state index contributed by atoms with van der Waals surface area (Å²) in [6.45, 7) is 1.29. The molecule has 1 aliphatic heterocycles. The Morgan fingerprint density at radius 3 is 2.90 bits per heavy atom. The molecule has 1 unspecified atom stereocenters. The zero-order valence-corrected chi connectivity index (χ0v) is 14.0. The molecule has 1 saturated heterocycles. The highest BCUT2D eigenvalue weighted by molar-refractivity contribution is 9.10. The zero-order valence-electron chi connectivity index (χ0n) is 11.6. The summed E-state index contributed by atoms with van der Waals surface area (Å²) in [7, 11) is 1.88. The van der Waals surface area contributed by atoms with Gasteiger partial charge in [-0.05, 0) is 35.8 Å². The molecule has 0 aliphatic carbocycles. The summed E-state index contributed by atoms with van der Waals surface area (Å²) < 4.78 is 1.44. The van der Waals surface area contributed by atoms with Crippen molar-refractivity contribution in [1.82, 2.24) is 19.8 Å². The van der Waals surface area contributed by atoms with Gasteiger partial charge in [-0.1, -0.05) is 0 Å². The molecule has 1 aromatic heterocycles. The first-order valence-electron chi connectivity index (χ1n) is 6.45. The second kappa shape index (κ2) is 7.77. The van der Waals surface area contributed by atoms with Crippen LogP contribution in [0.1, 0.15) is 12.8 Å². The molecule has 1 fully saturated rings. The van der Waals surface area contributed by atoms with Crippen molar-refractivity contribution in [1.29, 1.82) is 0 Å². The normalized spacial score (nSPS) is 18.2. The van der Waals surface area contributed by atoms with Crippen molar-refractivity contribution < 1.29 is 4.79 Å². The van der Waals surface area contributed by atoms with Gasteiger partial charge < -0.3 is 10.2 Å². The number of nitrogens with zero attached hydrogens (tertiary/aromatic N) is 2. The lowest BCUT2D eigenvalue weighted by Gasteiger charge is -2.32. The summed E-state index contributed by atoms with van der Waals surface area (Å²) in [5.74, 6) is -0.119. The molecule has 1 atom stereocenters. The fourth-order valence-corrected chi connectivity index (χ4v) is 2.63. The minimum absolute atomic E-state index is 0. The third-order valence-corrected chi connectivity index (χ3v) is 4.02. The molecule has 2 rings (SSSR count). The number of hydrogen-bond donors (Lipinski definition) is 2. The molecule has 2 heterocycles. The maximum atomic E-state index is 12.2. The SMILES string of the molecule is CNC1CCCN(C(=O)Cn2cc(Br)c(=O)[nH]c2=O)C1.Cl. The second-order valence-electron chi connectivity index (χ2n) is 4.83. The number of carbonyl (C=O) groups excluding carboxylic acids is 1. The molecule has 21 heavy (non-hydrogen) atoms. The Kier molecular flexibility index (Phi) is 6.63. The third-order valence-electron chi connectivity index (χ3n) is 3.46. The molecule has 2 N–H and O–H groups in total. The lowest BCUT2D eigenvalue weighted by atomic mass is 10.1. The number of amides is 1. The van der Waals surface area contributed by atoms with E-state index in [1.807, 2.05) is 7.05 Å². The third kappa shape index (κ3) is 4.42. The van der Waals surface area contributed by atoms with Gasteiger partial charge >= 0.3 is 5.69 Å². The molecule has 0 spiro atoms. The zero-order chi connectivity index (χ0) is 14.7. The van der Waals surface area contributed by atoms with Crippen molar-refractivity contribution in [2.45, 2.75) is 25.4 Å². The molecule has 0 radical (unpaired) electrons. The molecule has 1 aromatic rings. The van der Waals surface area contributed by atoms with Gasteiger partial charge in [0.05, 0.1) is 4.47 Å². The van der Waals surface area contributed by atoms with Crippen LogP contribution in [-0.4, -0.2) is 46.5 Å². The van der Waals surface area contributed by atoms with Gasteiger partial charge in [0.1, 0.15) is 6.54 Å². The fourth-order valence-electron chi connectivity index (χ4n) is 2.29. The highest BCUT2D eigenvalue weighted by Crippen LogP contribution is 2.10. The van der Waals surface area contributed by atoms with Crippen molar-refractivity contribution in [3.8, 4) is 0 Å². The van der Waals surface area contributed by atoms with Gasteiger partial charge in [0, 0.05) is 25.3 Å². The molecular weight excluding hydrogens is 364 g/mol. The molecular formula is C12H18BrClN4O3. The quantitative estimate of drug-likeness (QED) is 0.767. The molecule has 0 aromatic carbocycles. The molecule has 7 nitrogen and oxygen atoms in total. The number of likely N-dealkylation sites (tertiary alicyclic amines) is 1. The average molecular weight is 382 g/mol. The van der Waals surface area contributed by atoms with Crippen LogP contribution in [0.15, 0.2) is 20.3 Å². The van der Waals surface area contributed by atoms with Gasteiger partial charge in [-0.25, -0.2) is 4.79 Å². The number of piperidine rings is 1. The largest absolute Gasteiger partial charge is 0.340 e. The standard InChI is InChI=1S/C12H17BrN4O3.ClH/c1-14-8-3-2-4-16(5-8)10(18)7-17-6-9(13)11(19)15-12(17)20;/h6,8,14H,2-5,7H2,1H3,(H,15,19,20);1H. The Balaban J connectivity index is 0.00000220. The molecule has 118 valence electrons. The summed E-state index contributed by atoms with van der Waals surface area (Å²) in [5.41, 5.74) is -1.07. The molecule has 0 bridgehead atoms. The summed E-state index contributed by atoms with van der Waals surface area (Å²) in [6.07, 6.45) is 3.34. The van der Waals surface area contributed by atoms with Crippen LogP contribution < -0.4 is 16.6 Å². The Bertz CT molecular complexity index is 615. The predicted octanol–water partition coefficient (Wildman–Crippen LogP) is -0.0687. The van der Waals surface area contributed by atoms with E-state index in [2.05, 4.69) is 26.2 Å². The number of H-pyrrole nitrogens is 1. The minimum Gasteiger partial charge on any atom is -0.340 e. The van der Waals surface area contributed by atoms with E-state index in [1.54, 1.807) is 4.90 Å². The van der Waals surface area contributed by atoms with E-state index in [1.165, 1.54) is 10.8 Å². The molecule has 0 saturated carbocycles. The fraction of sp³-hybridized carbons (Fsp3) is 0.583. The maximum Gasteiger partial charge on any atom is 0.328 e. The van der Waals surface area contributed by atoms with E-state index in [0.29, 0.717) is 19.1 Å². The van der Waals surface area contributed by atoms with Gasteiger partial charge in [-0.2, -0.15) is 0 Å². The summed E-state index contributed by atoms with van der Waals surface area (Å²) in [6, 6.07) is 0.298. The first-order valence-corrected chi connectivity index (χ1v) is 7.25. The number of rotatable bonds is 3. The van der Waals surface area contributed by atoms with Crippen LogP contribution in [0.25, 0.3) is 0 Å². The molecule has 9 heteroatoms. The molecule has 1 aliphatic rings. The Hall–Kier alpha value is -1.12. The lowest BCUT2D eigenvalue weighted by molar-refractivity contribution is -0.133. The van der Waals surface area contributed by atoms with E-state index in [9.17, 15) is 14.4 Å². The van der Waals surface area contributed by atoms with Gasteiger partial charge in [0.25, 0.3) is 5.56 Å². The predicted molar refractivity (Wildman–Crippen MR) is 84.9 cm³/mol. The summed E-state index contributed by atoms with van der Waals surface area (Å²) in [5, 5.41) is 3.16. The highest BCUT2D eigenvalue weighted by atomic mass is 79.9. The van der Waals surface area contributed by atoms with Crippen LogP contribution in [0, 0.1) is 0 Å². The lowest BCUT2D eigenvalue weighted by Crippen LogP contribution is -2.48. The van der Waals surface area contributed by atoms with E-state index < -0.39 is 11.2 Å². The number of halogens is 2. The van der Waals surface area contributed by atoms with Crippen LogP contribution in [0.2, 0.25) is 0 Å². The van der Waals surface area contributed by atoms with Crippen molar-refractivity contribution in [3.05, 3.63) is 31.5 Å². The summed E-state index contributed by atoms with van der Waals surface area (Å²) >= 11 is 3.05. The first kappa shape index (κ1) is 17.9. The van der Waals surface area contributed by atoms with E-state index in [0.717, 1.165) is 12.8 Å². The van der Waals surface area contributed by atoms with Crippen LogP contribution in [-0.2, 0) is 11.3 Å². The number of aromatic amines is 1. The van der Waals surface area contributed by atoms with Crippen molar-refractivity contribution >= 4 is 34.2 Å². The smallest absolute Gasteiger partial charge is 0.328 e. The van der Waals surface area contributed by atoms with Crippen molar-refractivity contribution in [3.63, 3.8) is 0 Å². The number of hydrogen-bond acceptors (Lipinski definition) is 4. The maximum absolute atomic E-state index is 12.2.